The molecule has 27 heavy (non-hydrogen) atoms. The fourth-order valence-electron chi connectivity index (χ4n) is 3.83. The molecule has 0 N–H and O–H groups in total. The first-order valence-electron chi connectivity index (χ1n) is 9.02. The first kappa shape index (κ1) is 17.6. The van der Waals surface area contributed by atoms with Gasteiger partial charge in [-0.05, 0) is 34.7 Å². The summed E-state index contributed by atoms with van der Waals surface area (Å²) in [5.41, 5.74) is 5.40. The summed E-state index contributed by atoms with van der Waals surface area (Å²) < 4.78 is 2.19. The van der Waals surface area contributed by atoms with E-state index in [-0.39, 0.29) is 0 Å². The molecule has 0 unspecified atom stereocenters. The Kier molecular flexibility index (Phi) is 4.83. The molecule has 0 amide bonds. The Morgan fingerprint density at radius 2 is 1.48 bits per heavy atom. The molecule has 4 rings (SSSR count). The summed E-state index contributed by atoms with van der Waals surface area (Å²) in [6.07, 6.45) is 5.76. The summed E-state index contributed by atoms with van der Waals surface area (Å²) in [6.45, 7) is 2.12. The van der Waals surface area contributed by atoms with Crippen LogP contribution in [0.2, 0.25) is 0 Å². The quantitative estimate of drug-likeness (QED) is 0.321. The first-order chi connectivity index (χ1) is 13.3. The topological polar surface area (TPSA) is 17.8 Å². The van der Waals surface area contributed by atoms with Crippen molar-refractivity contribution in [3.8, 4) is 0 Å². The molecule has 0 aliphatic rings. The van der Waals surface area contributed by atoms with Crippen molar-refractivity contribution >= 4 is 11.6 Å². The highest BCUT2D eigenvalue weighted by atomic mass is 35.5. The van der Waals surface area contributed by atoms with Crippen LogP contribution in [0.15, 0.2) is 97.6 Å². The van der Waals surface area contributed by atoms with Gasteiger partial charge < -0.3 is 4.57 Å². The van der Waals surface area contributed by atoms with E-state index in [4.69, 9.17) is 11.6 Å². The summed E-state index contributed by atoms with van der Waals surface area (Å²) in [4.78, 5) is 4.36. The fourth-order valence-corrected chi connectivity index (χ4v) is 4.13. The second kappa shape index (κ2) is 7.42. The Bertz CT molecular complexity index is 969. The molecule has 0 radical (unpaired) electrons. The molecule has 1 heterocycles. The molecule has 2 nitrogen and oxygen atoms in total. The summed E-state index contributed by atoms with van der Waals surface area (Å²) in [6, 6.07) is 27.7. The van der Waals surface area contributed by atoms with E-state index in [1.165, 1.54) is 22.3 Å². The van der Waals surface area contributed by atoms with Crippen molar-refractivity contribution in [1.82, 2.24) is 9.55 Å². The minimum absolute atomic E-state index is 0.505. The molecule has 3 heteroatoms. The largest absolute Gasteiger partial charge is 0.319 e. The van der Waals surface area contributed by atoms with Crippen LogP contribution < -0.4 is 0 Å². The van der Waals surface area contributed by atoms with E-state index >= 15 is 0 Å². The van der Waals surface area contributed by atoms with Crippen molar-refractivity contribution < 1.29 is 0 Å². The lowest BCUT2D eigenvalue weighted by atomic mass is 9.76. The monoisotopic (exact) mass is 372 g/mol. The maximum absolute atomic E-state index is 6.12. The second-order valence-electron chi connectivity index (χ2n) is 6.69. The lowest BCUT2D eigenvalue weighted by molar-refractivity contribution is 0.514. The molecule has 0 saturated heterocycles. The van der Waals surface area contributed by atoms with E-state index in [9.17, 15) is 0 Å². The summed E-state index contributed by atoms with van der Waals surface area (Å²) in [5, 5.41) is 0. The third kappa shape index (κ3) is 2.96. The number of rotatable bonds is 5. The van der Waals surface area contributed by atoms with Crippen LogP contribution in [0, 0.1) is 6.92 Å². The van der Waals surface area contributed by atoms with Gasteiger partial charge in [-0.2, -0.15) is 0 Å². The standard InChI is InChI=1S/C24H21ClN2/c1-19-16-23(13-12-20(19)17-25)24(27-15-14-26-18-27,21-8-4-2-5-9-21)22-10-6-3-7-11-22/h2-16,18H,17H2,1H3. The van der Waals surface area contributed by atoms with Crippen LogP contribution in [0.25, 0.3) is 0 Å². The van der Waals surface area contributed by atoms with Gasteiger partial charge in [-0.1, -0.05) is 78.9 Å². The highest BCUT2D eigenvalue weighted by molar-refractivity contribution is 6.17. The van der Waals surface area contributed by atoms with Crippen molar-refractivity contribution in [3.05, 3.63) is 125 Å². The molecular formula is C24H21ClN2. The number of hydrogen-bond donors (Lipinski definition) is 0. The Hall–Kier alpha value is -2.84. The van der Waals surface area contributed by atoms with Gasteiger partial charge in [0.1, 0.15) is 5.54 Å². The molecule has 0 atom stereocenters. The smallest absolute Gasteiger partial charge is 0.121 e. The van der Waals surface area contributed by atoms with E-state index in [0.29, 0.717) is 5.88 Å². The maximum atomic E-state index is 6.12. The zero-order chi connectivity index (χ0) is 18.7. The number of aryl methyl sites for hydroxylation is 1. The summed E-state index contributed by atoms with van der Waals surface area (Å²) >= 11 is 6.12. The first-order valence-corrected chi connectivity index (χ1v) is 9.55. The number of nitrogens with zero attached hydrogens (tertiary/aromatic N) is 2. The van der Waals surface area contributed by atoms with Crippen LogP contribution >= 0.6 is 11.6 Å². The number of imidazole rings is 1. The van der Waals surface area contributed by atoms with Crippen LogP contribution in [-0.4, -0.2) is 9.55 Å². The van der Waals surface area contributed by atoms with Crippen molar-refractivity contribution in [1.29, 1.82) is 0 Å². The third-order valence-corrected chi connectivity index (χ3v) is 5.47. The summed E-state index contributed by atoms with van der Waals surface area (Å²) in [5.74, 6) is 0.515. The van der Waals surface area contributed by atoms with Gasteiger partial charge in [0.2, 0.25) is 0 Å². The van der Waals surface area contributed by atoms with Crippen LogP contribution in [0.4, 0.5) is 0 Å². The molecule has 1 aromatic heterocycles. The van der Waals surface area contributed by atoms with Crippen LogP contribution in [0.1, 0.15) is 27.8 Å². The number of aromatic nitrogens is 2. The third-order valence-electron chi connectivity index (χ3n) is 5.18. The van der Waals surface area contributed by atoms with Gasteiger partial charge in [0.25, 0.3) is 0 Å². The van der Waals surface area contributed by atoms with Gasteiger partial charge in [0.05, 0.1) is 6.33 Å². The van der Waals surface area contributed by atoms with Gasteiger partial charge in [-0.25, -0.2) is 4.98 Å². The van der Waals surface area contributed by atoms with Crippen molar-refractivity contribution in [3.63, 3.8) is 0 Å². The minimum atomic E-state index is -0.505. The molecular weight excluding hydrogens is 352 g/mol. The van der Waals surface area contributed by atoms with E-state index < -0.39 is 5.54 Å². The van der Waals surface area contributed by atoms with Gasteiger partial charge >= 0.3 is 0 Å². The average Bonchev–Trinajstić information content (AvgIpc) is 3.25. The Morgan fingerprint density at radius 3 is 1.96 bits per heavy atom. The number of benzene rings is 3. The highest BCUT2D eigenvalue weighted by Gasteiger charge is 2.38. The fraction of sp³-hybridized carbons (Fsp3) is 0.125. The molecule has 4 aromatic rings. The van der Waals surface area contributed by atoms with Gasteiger partial charge in [-0.3, -0.25) is 0 Å². The predicted octanol–water partition coefficient (Wildman–Crippen LogP) is 5.77. The van der Waals surface area contributed by atoms with Gasteiger partial charge in [-0.15, -0.1) is 11.6 Å². The maximum Gasteiger partial charge on any atom is 0.121 e. The van der Waals surface area contributed by atoms with Crippen LogP contribution in [-0.2, 0) is 11.4 Å². The van der Waals surface area contributed by atoms with Crippen molar-refractivity contribution in [2.24, 2.45) is 0 Å². The number of alkyl halides is 1. The SMILES string of the molecule is Cc1cc(C(c2ccccc2)(c2ccccc2)n2ccnc2)ccc1CCl. The van der Waals surface area contributed by atoms with E-state index in [1.807, 2.05) is 18.7 Å². The molecule has 0 fully saturated rings. The lowest BCUT2D eigenvalue weighted by Crippen LogP contribution is -2.37. The summed E-state index contributed by atoms with van der Waals surface area (Å²) in [7, 11) is 0. The van der Waals surface area contributed by atoms with Crippen molar-refractivity contribution in [2.45, 2.75) is 18.3 Å². The number of halogens is 1. The number of hydrogen-bond acceptors (Lipinski definition) is 1. The van der Waals surface area contributed by atoms with Gasteiger partial charge in [0, 0.05) is 18.3 Å². The molecule has 0 spiro atoms. The molecule has 3 aromatic carbocycles. The van der Waals surface area contributed by atoms with Crippen LogP contribution in [0.5, 0.6) is 0 Å². The molecule has 0 bridgehead atoms. The van der Waals surface area contributed by atoms with E-state index in [2.05, 4.69) is 95.3 Å². The average molecular weight is 373 g/mol. The van der Waals surface area contributed by atoms with Crippen LogP contribution in [0.3, 0.4) is 0 Å². The van der Waals surface area contributed by atoms with Crippen molar-refractivity contribution in [2.75, 3.05) is 0 Å². The lowest BCUT2D eigenvalue weighted by Gasteiger charge is -2.37. The zero-order valence-corrected chi connectivity index (χ0v) is 16.0. The van der Waals surface area contributed by atoms with E-state index in [1.54, 1.807) is 0 Å². The second-order valence-corrected chi connectivity index (χ2v) is 6.95. The predicted molar refractivity (Wildman–Crippen MR) is 111 cm³/mol. The molecule has 0 aliphatic heterocycles. The minimum Gasteiger partial charge on any atom is -0.319 e. The Balaban J connectivity index is 2.10. The van der Waals surface area contributed by atoms with Gasteiger partial charge in [0.15, 0.2) is 0 Å². The Labute approximate surface area is 165 Å². The zero-order valence-electron chi connectivity index (χ0n) is 15.2. The van der Waals surface area contributed by atoms with E-state index in [0.717, 1.165) is 5.56 Å². The highest BCUT2D eigenvalue weighted by Crippen LogP contribution is 2.41. The molecule has 0 saturated carbocycles. The normalized spacial score (nSPS) is 11.5. The molecule has 0 aliphatic carbocycles. The Morgan fingerprint density at radius 1 is 0.852 bits per heavy atom. The molecule has 134 valence electrons.